The maximum Gasteiger partial charge on any atom is 0.492 e. The van der Waals surface area contributed by atoms with Gasteiger partial charge < -0.3 is 15.4 Å². The summed E-state index contributed by atoms with van der Waals surface area (Å²) in [5, 5.41) is 12.0. The summed E-state index contributed by atoms with van der Waals surface area (Å²) in [6.07, 6.45) is 3.89. The van der Waals surface area contributed by atoms with Crippen LogP contribution >= 0.6 is 13.5 Å². The Labute approximate surface area is 171 Å². The molecule has 2 aromatic carbocycles. The number of hydrogen-bond donors (Lipinski definition) is 2. The van der Waals surface area contributed by atoms with Gasteiger partial charge in [-0.2, -0.15) is 13.5 Å². The van der Waals surface area contributed by atoms with Crippen LogP contribution in [0.4, 0.5) is 0 Å². The topological polar surface area (TPSA) is 85.4 Å². The van der Waals surface area contributed by atoms with Crippen LogP contribution in [0.25, 0.3) is 10.8 Å². The zero-order valence-electron chi connectivity index (χ0n) is 15.7. The molecule has 1 atom stereocenters. The molecule has 0 fully saturated rings. The number of Topliss-reactive ketones (excluding diaryl/α,β-unsaturated/α-hetero) is 1. The van der Waals surface area contributed by atoms with E-state index in [4.69, 9.17) is 10.4 Å². The molecule has 5 nitrogen and oxygen atoms in total. The zero-order valence-corrected chi connectivity index (χ0v) is 16.7. The Morgan fingerprint density at radius 3 is 2.89 bits per heavy atom. The molecule has 0 bridgehead atoms. The van der Waals surface area contributed by atoms with E-state index in [-0.39, 0.29) is 31.7 Å². The maximum atomic E-state index is 13.0. The maximum absolute atomic E-state index is 13.0. The van der Waals surface area contributed by atoms with E-state index in [1.807, 2.05) is 49.5 Å². The first kappa shape index (κ1) is 20.5. The van der Waals surface area contributed by atoms with Crippen LogP contribution in [0.3, 0.4) is 0 Å². The Balaban J connectivity index is 0.00000225. The second-order valence-electron chi connectivity index (χ2n) is 7.06. The standard InChI is InChI=1S/C21H21BN2O3.H2S/c1-13-6-17(9-18-12-27-22(26)21(13)18)19(10-23)20(25)8-14-2-3-16-11-24-5-4-15(16)7-14;/h2-7,9,11,19,26H,8,10,12,23H2,1H3;1H2/t19-;/m1./s1. The van der Waals surface area contributed by atoms with Crippen molar-refractivity contribution in [2.75, 3.05) is 6.54 Å². The molecule has 2 heterocycles. The smallest absolute Gasteiger partial charge is 0.423 e. The van der Waals surface area contributed by atoms with Gasteiger partial charge in [0.15, 0.2) is 0 Å². The molecule has 28 heavy (non-hydrogen) atoms. The lowest BCUT2D eigenvalue weighted by molar-refractivity contribution is -0.119. The first-order valence-electron chi connectivity index (χ1n) is 9.05. The molecule has 0 spiro atoms. The van der Waals surface area contributed by atoms with Crippen molar-refractivity contribution in [3.8, 4) is 0 Å². The van der Waals surface area contributed by atoms with Gasteiger partial charge in [-0.1, -0.05) is 35.9 Å². The van der Waals surface area contributed by atoms with E-state index in [1.54, 1.807) is 6.20 Å². The summed E-state index contributed by atoms with van der Waals surface area (Å²) in [4.78, 5) is 17.1. The summed E-state index contributed by atoms with van der Waals surface area (Å²) in [7, 11) is -0.881. The molecular weight excluding hydrogens is 371 g/mol. The summed E-state index contributed by atoms with van der Waals surface area (Å²) in [5.74, 6) is -0.287. The summed E-state index contributed by atoms with van der Waals surface area (Å²) in [6, 6.07) is 11.8. The fraction of sp³-hybridized carbons (Fsp3) is 0.238. The average Bonchev–Trinajstić information content (AvgIpc) is 3.03. The number of hydrogen-bond acceptors (Lipinski definition) is 5. The quantitative estimate of drug-likeness (QED) is 0.644. The fourth-order valence-electron chi connectivity index (χ4n) is 3.85. The molecule has 144 valence electrons. The van der Waals surface area contributed by atoms with Gasteiger partial charge in [-0.3, -0.25) is 9.78 Å². The molecule has 4 rings (SSSR count). The molecule has 1 aliphatic heterocycles. The lowest BCUT2D eigenvalue weighted by Crippen LogP contribution is -2.31. The molecule has 0 amide bonds. The number of rotatable bonds is 5. The third-order valence-corrected chi connectivity index (χ3v) is 5.25. The largest absolute Gasteiger partial charge is 0.492 e. The Hall–Kier alpha value is -2.19. The van der Waals surface area contributed by atoms with Crippen molar-refractivity contribution in [2.45, 2.75) is 25.9 Å². The van der Waals surface area contributed by atoms with E-state index < -0.39 is 7.12 Å². The summed E-state index contributed by atoms with van der Waals surface area (Å²) in [6.45, 7) is 2.53. The van der Waals surface area contributed by atoms with Gasteiger partial charge >= 0.3 is 7.12 Å². The van der Waals surface area contributed by atoms with E-state index in [1.165, 1.54) is 0 Å². The van der Waals surface area contributed by atoms with Crippen LogP contribution in [-0.2, 0) is 22.5 Å². The average molecular weight is 394 g/mol. The highest BCUT2D eigenvalue weighted by atomic mass is 32.1. The van der Waals surface area contributed by atoms with E-state index >= 15 is 0 Å². The van der Waals surface area contributed by atoms with Crippen LogP contribution in [0.15, 0.2) is 48.8 Å². The number of ketones is 1. The minimum absolute atomic E-state index is 0. The molecule has 0 radical (unpaired) electrons. The van der Waals surface area contributed by atoms with Crippen LogP contribution in [0.5, 0.6) is 0 Å². The van der Waals surface area contributed by atoms with Crippen molar-refractivity contribution >= 4 is 42.6 Å². The molecule has 3 aromatic rings. The van der Waals surface area contributed by atoms with E-state index in [9.17, 15) is 9.82 Å². The lowest BCUT2D eigenvalue weighted by atomic mass is 9.75. The Morgan fingerprint density at radius 1 is 1.29 bits per heavy atom. The van der Waals surface area contributed by atoms with Gasteiger partial charge in [-0.15, -0.1) is 0 Å². The molecule has 0 unspecified atom stereocenters. The van der Waals surface area contributed by atoms with Crippen molar-refractivity contribution < 1.29 is 14.5 Å². The predicted molar refractivity (Wildman–Crippen MR) is 116 cm³/mol. The van der Waals surface area contributed by atoms with Gasteiger partial charge in [0.25, 0.3) is 0 Å². The van der Waals surface area contributed by atoms with Crippen LogP contribution in [0, 0.1) is 6.92 Å². The number of carbonyl (C=O) groups excluding carboxylic acids is 1. The molecule has 7 heteroatoms. The van der Waals surface area contributed by atoms with E-state index in [0.717, 1.165) is 38.5 Å². The molecule has 1 aliphatic rings. The van der Waals surface area contributed by atoms with Crippen LogP contribution < -0.4 is 11.2 Å². The highest BCUT2D eigenvalue weighted by Crippen LogP contribution is 2.24. The van der Waals surface area contributed by atoms with Gasteiger partial charge in [0, 0.05) is 30.7 Å². The van der Waals surface area contributed by atoms with Crippen molar-refractivity contribution in [2.24, 2.45) is 5.73 Å². The number of aromatic nitrogens is 1. The third kappa shape index (κ3) is 3.84. The van der Waals surface area contributed by atoms with Crippen LogP contribution in [0.2, 0.25) is 0 Å². The normalized spacial score (nSPS) is 13.9. The van der Waals surface area contributed by atoms with Crippen molar-refractivity contribution in [3.05, 3.63) is 71.0 Å². The van der Waals surface area contributed by atoms with Gasteiger partial charge in [-0.25, -0.2) is 0 Å². The fourth-order valence-corrected chi connectivity index (χ4v) is 3.85. The number of carbonyl (C=O) groups is 1. The lowest BCUT2D eigenvalue weighted by Gasteiger charge is -2.17. The van der Waals surface area contributed by atoms with E-state index in [2.05, 4.69) is 4.98 Å². The Morgan fingerprint density at radius 2 is 2.11 bits per heavy atom. The number of nitrogens with zero attached hydrogens (tertiary/aromatic N) is 1. The molecular formula is C21H23BN2O3S. The van der Waals surface area contributed by atoms with Gasteiger partial charge in [0.05, 0.1) is 12.5 Å². The zero-order chi connectivity index (χ0) is 19.0. The van der Waals surface area contributed by atoms with Crippen molar-refractivity contribution in [1.29, 1.82) is 0 Å². The predicted octanol–water partition coefficient (Wildman–Crippen LogP) is 1.73. The molecule has 0 saturated carbocycles. The Kier molecular flexibility index (Phi) is 6.20. The minimum Gasteiger partial charge on any atom is -0.423 e. The molecule has 0 aliphatic carbocycles. The number of pyridine rings is 1. The third-order valence-electron chi connectivity index (χ3n) is 5.25. The number of nitrogens with two attached hydrogens (primary N) is 1. The SMILES string of the molecule is Cc1cc([C@@H](CN)C(=O)Cc2ccc3cnccc3c2)cc2c1B(O)OC2.S. The van der Waals surface area contributed by atoms with Crippen LogP contribution in [0.1, 0.15) is 28.2 Å². The number of benzene rings is 2. The van der Waals surface area contributed by atoms with Crippen molar-refractivity contribution in [1.82, 2.24) is 4.98 Å². The number of fused-ring (bicyclic) bond motifs is 2. The van der Waals surface area contributed by atoms with Gasteiger partial charge in [0.2, 0.25) is 0 Å². The minimum atomic E-state index is -0.881. The first-order valence-corrected chi connectivity index (χ1v) is 9.05. The first-order chi connectivity index (χ1) is 13.1. The second-order valence-corrected chi connectivity index (χ2v) is 7.06. The Bertz CT molecular complexity index is 1030. The highest BCUT2D eigenvalue weighted by Gasteiger charge is 2.31. The molecule has 0 saturated heterocycles. The summed E-state index contributed by atoms with van der Waals surface area (Å²) >= 11 is 0. The summed E-state index contributed by atoms with van der Waals surface area (Å²) < 4.78 is 5.30. The van der Waals surface area contributed by atoms with Crippen LogP contribution in [-0.4, -0.2) is 29.5 Å². The van der Waals surface area contributed by atoms with Gasteiger partial charge in [0.1, 0.15) is 5.78 Å². The molecule has 3 N–H and O–H groups in total. The summed E-state index contributed by atoms with van der Waals surface area (Å²) in [5.41, 5.74) is 10.5. The van der Waals surface area contributed by atoms with Gasteiger partial charge in [-0.05, 0) is 40.5 Å². The highest BCUT2D eigenvalue weighted by molar-refractivity contribution is 7.59. The second kappa shape index (κ2) is 8.45. The van der Waals surface area contributed by atoms with E-state index in [0.29, 0.717) is 13.0 Å². The molecule has 1 aromatic heterocycles. The monoisotopic (exact) mass is 394 g/mol. The van der Waals surface area contributed by atoms with Crippen molar-refractivity contribution in [3.63, 3.8) is 0 Å². The number of aryl methyl sites for hydroxylation is 1.